The van der Waals surface area contributed by atoms with Crippen molar-refractivity contribution in [2.75, 3.05) is 6.54 Å². The lowest BCUT2D eigenvalue weighted by Gasteiger charge is -2.16. The SMILES string of the molecule is Cc1ccc(C(O)CNC(C)C)c(C)c1. The molecule has 1 aromatic carbocycles. The summed E-state index contributed by atoms with van der Waals surface area (Å²) in [4.78, 5) is 0. The Kier molecular flexibility index (Phi) is 4.30. The number of rotatable bonds is 4. The maximum Gasteiger partial charge on any atom is 0.0917 e. The van der Waals surface area contributed by atoms with Gasteiger partial charge in [-0.05, 0) is 25.0 Å². The first-order valence-electron chi connectivity index (χ1n) is 5.49. The standard InChI is InChI=1S/C13H21NO/c1-9(2)14-8-13(15)12-6-5-10(3)7-11(12)4/h5-7,9,13-15H,8H2,1-4H3. The van der Waals surface area contributed by atoms with E-state index in [1.165, 1.54) is 5.56 Å². The molecule has 2 nitrogen and oxygen atoms in total. The minimum atomic E-state index is -0.409. The summed E-state index contributed by atoms with van der Waals surface area (Å²) in [5.74, 6) is 0. The van der Waals surface area contributed by atoms with Gasteiger partial charge in [0.2, 0.25) is 0 Å². The van der Waals surface area contributed by atoms with E-state index in [9.17, 15) is 5.11 Å². The zero-order valence-electron chi connectivity index (χ0n) is 10.0. The summed E-state index contributed by atoms with van der Waals surface area (Å²) in [6, 6.07) is 6.57. The minimum absolute atomic E-state index is 0.408. The van der Waals surface area contributed by atoms with E-state index in [-0.39, 0.29) is 0 Å². The molecule has 0 saturated carbocycles. The predicted molar refractivity (Wildman–Crippen MR) is 64.0 cm³/mol. The van der Waals surface area contributed by atoms with Crippen molar-refractivity contribution >= 4 is 0 Å². The Labute approximate surface area is 92.3 Å². The van der Waals surface area contributed by atoms with Gasteiger partial charge >= 0.3 is 0 Å². The van der Waals surface area contributed by atoms with E-state index in [2.05, 4.69) is 32.2 Å². The highest BCUT2D eigenvalue weighted by Crippen LogP contribution is 2.18. The molecule has 84 valence electrons. The topological polar surface area (TPSA) is 32.3 Å². The molecular weight excluding hydrogens is 186 g/mol. The molecule has 0 aromatic heterocycles. The molecule has 2 N–H and O–H groups in total. The molecule has 1 atom stereocenters. The summed E-state index contributed by atoms with van der Waals surface area (Å²) in [5.41, 5.74) is 3.42. The van der Waals surface area contributed by atoms with E-state index in [1.807, 2.05) is 19.1 Å². The Hall–Kier alpha value is -0.860. The average molecular weight is 207 g/mol. The van der Waals surface area contributed by atoms with Crippen molar-refractivity contribution in [2.45, 2.75) is 39.8 Å². The van der Waals surface area contributed by atoms with Crippen molar-refractivity contribution in [3.63, 3.8) is 0 Å². The van der Waals surface area contributed by atoms with Gasteiger partial charge < -0.3 is 10.4 Å². The highest BCUT2D eigenvalue weighted by molar-refractivity contribution is 5.32. The van der Waals surface area contributed by atoms with Crippen LogP contribution in [0, 0.1) is 13.8 Å². The molecule has 0 aliphatic carbocycles. The number of nitrogens with one attached hydrogen (secondary N) is 1. The van der Waals surface area contributed by atoms with E-state index in [0.717, 1.165) is 11.1 Å². The fraction of sp³-hybridized carbons (Fsp3) is 0.538. The van der Waals surface area contributed by atoms with Crippen LogP contribution >= 0.6 is 0 Å². The van der Waals surface area contributed by atoms with Crippen molar-refractivity contribution in [1.82, 2.24) is 5.32 Å². The zero-order valence-corrected chi connectivity index (χ0v) is 10.0. The number of aryl methyl sites for hydroxylation is 2. The molecular formula is C13H21NO. The second kappa shape index (κ2) is 5.29. The Morgan fingerprint density at radius 1 is 1.27 bits per heavy atom. The van der Waals surface area contributed by atoms with Crippen LogP contribution in [0.1, 0.15) is 36.6 Å². The molecule has 0 saturated heterocycles. The largest absolute Gasteiger partial charge is 0.387 e. The van der Waals surface area contributed by atoms with Crippen molar-refractivity contribution in [3.8, 4) is 0 Å². The smallest absolute Gasteiger partial charge is 0.0917 e. The lowest BCUT2D eigenvalue weighted by molar-refractivity contribution is 0.171. The van der Waals surface area contributed by atoms with Gasteiger partial charge in [0.15, 0.2) is 0 Å². The third-order valence-electron chi connectivity index (χ3n) is 2.50. The maximum absolute atomic E-state index is 9.98. The molecule has 1 unspecified atom stereocenters. The van der Waals surface area contributed by atoms with Crippen LogP contribution in [0.25, 0.3) is 0 Å². The summed E-state index contributed by atoms with van der Waals surface area (Å²) in [5, 5.41) is 13.2. The van der Waals surface area contributed by atoms with Crippen LogP contribution in [-0.2, 0) is 0 Å². The molecule has 0 amide bonds. The second-order valence-electron chi connectivity index (χ2n) is 4.44. The fourth-order valence-corrected chi connectivity index (χ4v) is 1.66. The first-order valence-corrected chi connectivity index (χ1v) is 5.49. The van der Waals surface area contributed by atoms with E-state index in [0.29, 0.717) is 12.6 Å². The minimum Gasteiger partial charge on any atom is -0.387 e. The Bertz CT molecular complexity index is 320. The van der Waals surface area contributed by atoms with E-state index < -0.39 is 6.10 Å². The van der Waals surface area contributed by atoms with Gasteiger partial charge in [0.05, 0.1) is 6.10 Å². The molecule has 0 heterocycles. The van der Waals surface area contributed by atoms with Crippen LogP contribution in [0.4, 0.5) is 0 Å². The van der Waals surface area contributed by atoms with Crippen LogP contribution in [0.3, 0.4) is 0 Å². The summed E-state index contributed by atoms with van der Waals surface area (Å²) in [7, 11) is 0. The van der Waals surface area contributed by atoms with Crippen LogP contribution in [0.2, 0.25) is 0 Å². The van der Waals surface area contributed by atoms with Gasteiger partial charge in [-0.3, -0.25) is 0 Å². The Morgan fingerprint density at radius 3 is 2.47 bits per heavy atom. The lowest BCUT2D eigenvalue weighted by atomic mass is 10.0. The molecule has 0 fully saturated rings. The quantitative estimate of drug-likeness (QED) is 0.794. The van der Waals surface area contributed by atoms with Crippen molar-refractivity contribution in [1.29, 1.82) is 0 Å². The van der Waals surface area contributed by atoms with Crippen molar-refractivity contribution < 1.29 is 5.11 Å². The van der Waals surface area contributed by atoms with Gasteiger partial charge in [-0.1, -0.05) is 37.6 Å². The highest BCUT2D eigenvalue weighted by Gasteiger charge is 2.10. The molecule has 0 radical (unpaired) electrons. The fourth-order valence-electron chi connectivity index (χ4n) is 1.66. The molecule has 0 bridgehead atoms. The molecule has 2 heteroatoms. The third kappa shape index (κ3) is 3.65. The number of aliphatic hydroxyl groups excluding tert-OH is 1. The van der Waals surface area contributed by atoms with Gasteiger partial charge in [0, 0.05) is 12.6 Å². The van der Waals surface area contributed by atoms with Gasteiger partial charge in [0.25, 0.3) is 0 Å². The third-order valence-corrected chi connectivity index (χ3v) is 2.50. The van der Waals surface area contributed by atoms with E-state index in [1.54, 1.807) is 0 Å². The van der Waals surface area contributed by atoms with Crippen LogP contribution in [0.15, 0.2) is 18.2 Å². The summed E-state index contributed by atoms with van der Waals surface area (Å²) in [6.07, 6.45) is -0.409. The first-order chi connectivity index (χ1) is 7.00. The van der Waals surface area contributed by atoms with Crippen LogP contribution < -0.4 is 5.32 Å². The number of aliphatic hydroxyl groups is 1. The van der Waals surface area contributed by atoms with Crippen molar-refractivity contribution in [3.05, 3.63) is 34.9 Å². The predicted octanol–water partition coefficient (Wildman–Crippen LogP) is 2.33. The summed E-state index contributed by atoms with van der Waals surface area (Å²) in [6.45, 7) is 8.88. The van der Waals surface area contributed by atoms with E-state index in [4.69, 9.17) is 0 Å². The number of hydrogen-bond acceptors (Lipinski definition) is 2. The summed E-state index contributed by atoms with van der Waals surface area (Å²) >= 11 is 0. The van der Waals surface area contributed by atoms with Gasteiger partial charge in [-0.2, -0.15) is 0 Å². The summed E-state index contributed by atoms with van der Waals surface area (Å²) < 4.78 is 0. The molecule has 1 aromatic rings. The van der Waals surface area contributed by atoms with Crippen LogP contribution in [0.5, 0.6) is 0 Å². The Morgan fingerprint density at radius 2 is 1.93 bits per heavy atom. The van der Waals surface area contributed by atoms with E-state index >= 15 is 0 Å². The lowest BCUT2D eigenvalue weighted by Crippen LogP contribution is -2.28. The molecule has 0 spiro atoms. The average Bonchev–Trinajstić information content (AvgIpc) is 2.14. The zero-order chi connectivity index (χ0) is 11.4. The van der Waals surface area contributed by atoms with Crippen LogP contribution in [-0.4, -0.2) is 17.7 Å². The van der Waals surface area contributed by atoms with Gasteiger partial charge in [-0.25, -0.2) is 0 Å². The molecule has 1 rings (SSSR count). The maximum atomic E-state index is 9.98. The number of benzene rings is 1. The normalized spacial score (nSPS) is 13.2. The second-order valence-corrected chi connectivity index (χ2v) is 4.44. The van der Waals surface area contributed by atoms with Crippen molar-refractivity contribution in [2.24, 2.45) is 0 Å². The monoisotopic (exact) mass is 207 g/mol. The van der Waals surface area contributed by atoms with Gasteiger partial charge in [-0.15, -0.1) is 0 Å². The highest BCUT2D eigenvalue weighted by atomic mass is 16.3. The Balaban J connectivity index is 2.69. The molecule has 0 aliphatic rings. The first kappa shape index (κ1) is 12.2. The van der Waals surface area contributed by atoms with Gasteiger partial charge in [0.1, 0.15) is 0 Å². The number of hydrogen-bond donors (Lipinski definition) is 2. The molecule has 15 heavy (non-hydrogen) atoms. The molecule has 0 aliphatic heterocycles.